The third-order valence-electron chi connectivity index (χ3n) is 5.13. The summed E-state index contributed by atoms with van der Waals surface area (Å²) in [5, 5.41) is 3.01. The summed E-state index contributed by atoms with van der Waals surface area (Å²) in [5.74, 6) is 0.921. The zero-order valence-corrected chi connectivity index (χ0v) is 19.3. The first kappa shape index (κ1) is 22.7. The Morgan fingerprint density at radius 2 is 1.90 bits per heavy atom. The Morgan fingerprint density at radius 3 is 2.48 bits per heavy atom. The molecule has 0 unspecified atom stereocenters. The molecule has 3 rings (SSSR count). The summed E-state index contributed by atoms with van der Waals surface area (Å²) in [5.41, 5.74) is 1.27. The minimum absolute atomic E-state index is 0.0627. The molecule has 3 aromatic heterocycles. The maximum Gasteiger partial charge on any atom is 0.276 e. The first-order valence-corrected chi connectivity index (χ1v) is 11.1. The van der Waals surface area contributed by atoms with Crippen molar-refractivity contribution in [1.29, 1.82) is 0 Å². The second kappa shape index (κ2) is 8.27. The molecule has 0 spiro atoms. The van der Waals surface area contributed by atoms with Crippen LogP contribution in [-0.4, -0.2) is 52.2 Å². The molecule has 0 fully saturated rings. The van der Waals surface area contributed by atoms with Crippen LogP contribution in [0.3, 0.4) is 0 Å². The third kappa shape index (κ3) is 4.54. The van der Waals surface area contributed by atoms with Crippen LogP contribution in [-0.2, 0) is 16.4 Å². The van der Waals surface area contributed by atoms with Crippen molar-refractivity contribution in [3.05, 3.63) is 64.0 Å². The van der Waals surface area contributed by atoms with Crippen LogP contribution in [0, 0.1) is 6.92 Å². The van der Waals surface area contributed by atoms with Crippen molar-refractivity contribution in [2.24, 2.45) is 0 Å². The molecule has 0 atom stereocenters. The predicted octanol–water partition coefficient (Wildman–Crippen LogP) is 2.28. The Labute approximate surface area is 181 Å². The maximum absolute atomic E-state index is 13.0. The average molecular weight is 446 g/mol. The normalized spacial score (nSPS) is 12.4. The summed E-state index contributed by atoms with van der Waals surface area (Å²) in [6, 6.07) is 4.79. The minimum Gasteiger partial charge on any atom is -0.495 e. The van der Waals surface area contributed by atoms with E-state index < -0.39 is 15.6 Å². The monoisotopic (exact) mass is 445 g/mol. The van der Waals surface area contributed by atoms with Gasteiger partial charge in [0.15, 0.2) is 5.82 Å². The number of aryl methyl sites for hydroxylation is 1. The number of aromatic nitrogens is 4. The predicted molar refractivity (Wildman–Crippen MR) is 117 cm³/mol. The SMILES string of the molecule is COc1cncc(Cc2c(C)[nH]n(-c3ccc(S(=O)(=O)N(C)C(C)(C)C)cn3)c2=O)c1. The highest BCUT2D eigenvalue weighted by Crippen LogP contribution is 2.22. The molecule has 0 saturated heterocycles. The molecule has 0 aliphatic carbocycles. The highest BCUT2D eigenvalue weighted by molar-refractivity contribution is 7.89. The quantitative estimate of drug-likeness (QED) is 0.623. The van der Waals surface area contributed by atoms with Gasteiger partial charge in [-0.25, -0.2) is 18.1 Å². The van der Waals surface area contributed by atoms with E-state index in [4.69, 9.17) is 4.74 Å². The molecular weight excluding hydrogens is 418 g/mol. The van der Waals surface area contributed by atoms with Gasteiger partial charge in [-0.2, -0.15) is 4.31 Å². The van der Waals surface area contributed by atoms with Crippen LogP contribution in [0.5, 0.6) is 5.75 Å². The molecule has 0 aliphatic heterocycles. The van der Waals surface area contributed by atoms with Gasteiger partial charge in [0.05, 0.1) is 13.3 Å². The van der Waals surface area contributed by atoms with Crippen LogP contribution in [0.1, 0.15) is 37.6 Å². The van der Waals surface area contributed by atoms with Crippen molar-refractivity contribution in [1.82, 2.24) is 24.1 Å². The molecule has 0 radical (unpaired) electrons. The van der Waals surface area contributed by atoms with Gasteiger partial charge in [0.25, 0.3) is 5.56 Å². The zero-order chi connectivity index (χ0) is 23.0. The van der Waals surface area contributed by atoms with Gasteiger partial charge in [-0.05, 0) is 51.5 Å². The fourth-order valence-corrected chi connectivity index (χ4v) is 4.47. The van der Waals surface area contributed by atoms with Crippen molar-refractivity contribution in [3.8, 4) is 11.6 Å². The van der Waals surface area contributed by atoms with Gasteiger partial charge in [-0.3, -0.25) is 14.9 Å². The van der Waals surface area contributed by atoms with Crippen LogP contribution >= 0.6 is 0 Å². The maximum atomic E-state index is 13.0. The van der Waals surface area contributed by atoms with E-state index >= 15 is 0 Å². The van der Waals surface area contributed by atoms with E-state index in [-0.39, 0.29) is 10.5 Å². The molecule has 3 aromatic rings. The average Bonchev–Trinajstić information content (AvgIpc) is 3.01. The van der Waals surface area contributed by atoms with E-state index in [0.717, 1.165) is 5.56 Å². The number of hydrogen-bond donors (Lipinski definition) is 1. The summed E-state index contributed by atoms with van der Waals surface area (Å²) in [7, 11) is -0.612. The van der Waals surface area contributed by atoms with E-state index in [1.165, 1.54) is 34.4 Å². The third-order valence-corrected chi connectivity index (χ3v) is 7.24. The number of sulfonamides is 1. The smallest absolute Gasteiger partial charge is 0.276 e. The van der Waals surface area contributed by atoms with Crippen LogP contribution in [0.25, 0.3) is 5.82 Å². The lowest BCUT2D eigenvalue weighted by molar-refractivity contribution is 0.291. The highest BCUT2D eigenvalue weighted by atomic mass is 32.2. The number of pyridine rings is 2. The molecule has 166 valence electrons. The van der Waals surface area contributed by atoms with Crippen molar-refractivity contribution in [3.63, 3.8) is 0 Å². The molecule has 3 heterocycles. The second-order valence-electron chi connectivity index (χ2n) is 8.26. The second-order valence-corrected chi connectivity index (χ2v) is 10.2. The number of hydrogen-bond acceptors (Lipinski definition) is 6. The van der Waals surface area contributed by atoms with Crippen LogP contribution in [0.15, 0.2) is 46.5 Å². The van der Waals surface area contributed by atoms with Crippen molar-refractivity contribution >= 4 is 10.0 Å². The Kier molecular flexibility index (Phi) is 6.06. The lowest BCUT2D eigenvalue weighted by Gasteiger charge is -2.30. The Hall–Kier alpha value is -2.98. The molecular formula is C21H27N5O4S. The molecule has 0 aliphatic rings. The summed E-state index contributed by atoms with van der Waals surface area (Å²) in [6.45, 7) is 7.24. The largest absolute Gasteiger partial charge is 0.495 e. The van der Waals surface area contributed by atoms with Gasteiger partial charge >= 0.3 is 0 Å². The van der Waals surface area contributed by atoms with Crippen molar-refractivity contribution in [2.75, 3.05) is 14.2 Å². The van der Waals surface area contributed by atoms with E-state index in [9.17, 15) is 13.2 Å². The van der Waals surface area contributed by atoms with E-state index in [2.05, 4.69) is 15.1 Å². The minimum atomic E-state index is -3.70. The lowest BCUT2D eigenvalue weighted by Crippen LogP contribution is -2.42. The summed E-state index contributed by atoms with van der Waals surface area (Å²) >= 11 is 0. The molecule has 0 saturated carbocycles. The van der Waals surface area contributed by atoms with Gasteiger partial charge in [-0.15, -0.1) is 0 Å². The van der Waals surface area contributed by atoms with Gasteiger partial charge in [0, 0.05) is 42.7 Å². The molecule has 0 amide bonds. The number of nitrogens with one attached hydrogen (secondary N) is 1. The fourth-order valence-electron chi connectivity index (χ4n) is 3.00. The van der Waals surface area contributed by atoms with Gasteiger partial charge in [0.1, 0.15) is 10.6 Å². The molecule has 10 heteroatoms. The van der Waals surface area contributed by atoms with Crippen LogP contribution in [0.4, 0.5) is 0 Å². The van der Waals surface area contributed by atoms with Gasteiger partial charge in [0.2, 0.25) is 10.0 Å². The number of rotatable bonds is 6. The first-order valence-electron chi connectivity index (χ1n) is 9.69. The molecule has 31 heavy (non-hydrogen) atoms. The van der Waals surface area contributed by atoms with E-state index in [0.29, 0.717) is 29.2 Å². The van der Waals surface area contributed by atoms with Crippen molar-refractivity contribution < 1.29 is 13.2 Å². The topological polar surface area (TPSA) is 110 Å². The fraction of sp³-hybridized carbons (Fsp3) is 0.381. The number of methoxy groups -OCH3 is 1. The van der Waals surface area contributed by atoms with E-state index in [1.807, 2.05) is 26.8 Å². The van der Waals surface area contributed by atoms with Crippen LogP contribution < -0.4 is 10.3 Å². The van der Waals surface area contributed by atoms with Crippen molar-refractivity contribution in [2.45, 2.75) is 44.6 Å². The highest BCUT2D eigenvalue weighted by Gasteiger charge is 2.30. The molecule has 9 nitrogen and oxygen atoms in total. The number of nitrogens with zero attached hydrogens (tertiary/aromatic N) is 4. The number of ether oxygens (including phenoxy) is 1. The van der Waals surface area contributed by atoms with Crippen LogP contribution in [0.2, 0.25) is 0 Å². The molecule has 0 bridgehead atoms. The Morgan fingerprint density at radius 1 is 1.19 bits per heavy atom. The number of aromatic amines is 1. The van der Waals surface area contributed by atoms with Gasteiger partial charge < -0.3 is 4.74 Å². The van der Waals surface area contributed by atoms with Gasteiger partial charge in [-0.1, -0.05) is 0 Å². The standard InChI is InChI=1S/C21H27N5O4S/c1-14-18(10-15-9-16(30-6)12-22-11-15)20(27)26(24-14)19-8-7-17(13-23-19)31(28,29)25(5)21(2,3)4/h7-9,11-13,24H,10H2,1-6H3. The summed E-state index contributed by atoms with van der Waals surface area (Å²) < 4.78 is 33.4. The number of H-pyrrole nitrogens is 1. The van der Waals surface area contributed by atoms with E-state index in [1.54, 1.807) is 26.4 Å². The summed E-state index contributed by atoms with van der Waals surface area (Å²) in [6.07, 6.45) is 4.92. The zero-order valence-electron chi connectivity index (χ0n) is 18.5. The Balaban J connectivity index is 1.92. The lowest BCUT2D eigenvalue weighted by atomic mass is 10.1. The molecule has 1 N–H and O–H groups in total. The Bertz CT molecular complexity index is 1240. The summed E-state index contributed by atoms with van der Waals surface area (Å²) in [4.78, 5) is 21.4. The molecule has 0 aromatic carbocycles. The first-order chi connectivity index (χ1) is 14.4.